The second-order valence-corrected chi connectivity index (χ2v) is 5.39. The highest BCUT2D eigenvalue weighted by Gasteiger charge is 2.19. The maximum atomic E-state index is 12.0. The lowest BCUT2D eigenvalue weighted by Crippen LogP contribution is -2.14. The highest BCUT2D eigenvalue weighted by Crippen LogP contribution is 2.20. The van der Waals surface area contributed by atoms with Crippen molar-refractivity contribution >= 4 is 39.2 Å². The van der Waals surface area contributed by atoms with Crippen molar-refractivity contribution in [1.82, 2.24) is 19.6 Å². The van der Waals surface area contributed by atoms with Crippen molar-refractivity contribution in [3.8, 4) is 0 Å². The van der Waals surface area contributed by atoms with Gasteiger partial charge in [-0.05, 0) is 33.4 Å². The van der Waals surface area contributed by atoms with E-state index in [9.17, 15) is 4.79 Å². The Labute approximate surface area is 116 Å². The molecule has 0 radical (unpaired) electrons. The van der Waals surface area contributed by atoms with Gasteiger partial charge in [0.05, 0.1) is 18.1 Å². The van der Waals surface area contributed by atoms with Crippen molar-refractivity contribution in [1.29, 1.82) is 0 Å². The van der Waals surface area contributed by atoms with Crippen LogP contribution in [0.5, 0.6) is 0 Å². The van der Waals surface area contributed by atoms with Crippen LogP contribution in [-0.2, 0) is 0 Å². The Morgan fingerprint density at radius 2 is 2.17 bits per heavy atom. The van der Waals surface area contributed by atoms with Gasteiger partial charge in [-0.25, -0.2) is 9.97 Å². The molecule has 0 aliphatic heterocycles. The largest absolute Gasteiger partial charge is 0.304 e. The number of halogens is 1. The number of hydrogen-bond donors (Lipinski definition) is 1. The minimum absolute atomic E-state index is 0.153. The van der Waals surface area contributed by atoms with Gasteiger partial charge in [0.1, 0.15) is 9.48 Å². The number of rotatable bonds is 3. The van der Waals surface area contributed by atoms with E-state index in [4.69, 9.17) is 0 Å². The Morgan fingerprint density at radius 3 is 2.78 bits per heavy atom. The zero-order valence-electron chi connectivity index (χ0n) is 9.72. The first kappa shape index (κ1) is 13.0. The first-order valence-corrected chi connectivity index (χ1v) is 6.75. The van der Waals surface area contributed by atoms with E-state index < -0.39 is 0 Å². The maximum absolute atomic E-state index is 12.0. The molecule has 1 amide bonds. The number of amides is 1. The number of anilines is 1. The fourth-order valence-corrected chi connectivity index (χ4v) is 2.20. The normalized spacial score (nSPS) is 10.7. The molecule has 0 spiro atoms. The Bertz CT molecular complexity index is 554. The van der Waals surface area contributed by atoms with E-state index in [2.05, 4.69) is 40.8 Å². The lowest BCUT2D eigenvalue weighted by Gasteiger charge is -2.04. The summed E-state index contributed by atoms with van der Waals surface area (Å²) in [6.07, 6.45) is 3.00. The van der Waals surface area contributed by atoms with E-state index in [-0.39, 0.29) is 11.8 Å². The second kappa shape index (κ2) is 5.49. The van der Waals surface area contributed by atoms with Crippen LogP contribution in [0.4, 0.5) is 5.82 Å². The number of carbonyl (C=O) groups excluding carboxylic acids is 1. The molecule has 8 heteroatoms. The summed E-state index contributed by atoms with van der Waals surface area (Å²) in [5, 5.41) is 6.62. The predicted molar refractivity (Wildman–Crippen MR) is 71.7 cm³/mol. The highest BCUT2D eigenvalue weighted by atomic mass is 79.9. The molecule has 0 saturated heterocycles. The summed E-state index contributed by atoms with van der Waals surface area (Å²) in [6, 6.07) is 0. The molecule has 94 valence electrons. The molecule has 2 aromatic heterocycles. The summed E-state index contributed by atoms with van der Waals surface area (Å²) in [5.41, 5.74) is 0.697. The fourth-order valence-electron chi connectivity index (χ4n) is 1.28. The third-order valence-corrected chi connectivity index (χ3v) is 3.28. The SMILES string of the molecule is CC(C)c1nnsc1C(=O)Nc1cnc(Br)cn1. The number of nitrogens with one attached hydrogen (secondary N) is 1. The summed E-state index contributed by atoms with van der Waals surface area (Å²) in [6.45, 7) is 3.93. The third-order valence-electron chi connectivity index (χ3n) is 2.13. The molecule has 0 aromatic carbocycles. The van der Waals surface area contributed by atoms with Gasteiger partial charge in [-0.2, -0.15) is 0 Å². The van der Waals surface area contributed by atoms with Crippen LogP contribution in [0.3, 0.4) is 0 Å². The molecule has 0 atom stereocenters. The van der Waals surface area contributed by atoms with Crippen molar-refractivity contribution < 1.29 is 4.79 Å². The van der Waals surface area contributed by atoms with Crippen molar-refractivity contribution in [2.75, 3.05) is 5.32 Å². The molecule has 1 N–H and O–H groups in total. The molecule has 2 aromatic rings. The molecule has 2 rings (SSSR count). The quantitative estimate of drug-likeness (QED) is 0.936. The number of hydrogen-bond acceptors (Lipinski definition) is 6. The standard InChI is InChI=1S/C10H10BrN5OS/c1-5(2)8-9(18-16-15-8)10(17)14-7-4-12-6(11)3-13-7/h3-5H,1-2H3,(H,13,14,17). The van der Waals surface area contributed by atoms with Crippen molar-refractivity contribution in [3.05, 3.63) is 27.6 Å². The minimum Gasteiger partial charge on any atom is -0.304 e. The summed E-state index contributed by atoms with van der Waals surface area (Å²) >= 11 is 4.25. The number of carbonyl (C=O) groups is 1. The molecule has 0 aliphatic carbocycles. The smallest absolute Gasteiger partial charge is 0.270 e. The van der Waals surface area contributed by atoms with E-state index in [1.54, 1.807) is 0 Å². The van der Waals surface area contributed by atoms with Crippen LogP contribution in [-0.4, -0.2) is 25.5 Å². The van der Waals surface area contributed by atoms with Crippen LogP contribution in [0, 0.1) is 0 Å². The average molecular weight is 328 g/mol. The Balaban J connectivity index is 2.17. The molecular formula is C10H10BrN5OS. The van der Waals surface area contributed by atoms with Gasteiger partial charge in [0.25, 0.3) is 5.91 Å². The molecular weight excluding hydrogens is 318 g/mol. The molecule has 2 heterocycles. The van der Waals surface area contributed by atoms with Gasteiger partial charge in [0.2, 0.25) is 0 Å². The van der Waals surface area contributed by atoms with Gasteiger partial charge < -0.3 is 5.32 Å². The van der Waals surface area contributed by atoms with Gasteiger partial charge in [0, 0.05) is 0 Å². The van der Waals surface area contributed by atoms with E-state index >= 15 is 0 Å². The van der Waals surface area contributed by atoms with Gasteiger partial charge in [-0.1, -0.05) is 18.3 Å². The monoisotopic (exact) mass is 327 g/mol. The minimum atomic E-state index is -0.259. The maximum Gasteiger partial charge on any atom is 0.270 e. The zero-order valence-corrected chi connectivity index (χ0v) is 12.1. The molecule has 18 heavy (non-hydrogen) atoms. The van der Waals surface area contributed by atoms with Gasteiger partial charge >= 0.3 is 0 Å². The average Bonchev–Trinajstić information content (AvgIpc) is 2.81. The Hall–Kier alpha value is -1.41. The molecule has 0 bridgehead atoms. The fraction of sp³-hybridized carbons (Fsp3) is 0.300. The van der Waals surface area contributed by atoms with E-state index in [1.807, 2.05) is 13.8 Å². The Kier molecular flexibility index (Phi) is 3.97. The van der Waals surface area contributed by atoms with E-state index in [0.29, 0.717) is 21.0 Å². The first-order chi connectivity index (χ1) is 8.58. The lowest BCUT2D eigenvalue weighted by molar-refractivity contribution is 0.102. The van der Waals surface area contributed by atoms with Crippen LogP contribution < -0.4 is 5.32 Å². The van der Waals surface area contributed by atoms with Crippen molar-refractivity contribution in [2.24, 2.45) is 0 Å². The number of nitrogens with zero attached hydrogens (tertiary/aromatic N) is 4. The topological polar surface area (TPSA) is 80.7 Å². The van der Waals surface area contributed by atoms with Crippen molar-refractivity contribution in [3.63, 3.8) is 0 Å². The highest BCUT2D eigenvalue weighted by molar-refractivity contribution is 9.10. The van der Waals surface area contributed by atoms with Crippen LogP contribution in [0.1, 0.15) is 35.1 Å². The van der Waals surface area contributed by atoms with E-state index in [1.165, 1.54) is 12.4 Å². The molecule has 6 nitrogen and oxygen atoms in total. The van der Waals surface area contributed by atoms with Gasteiger partial charge in [0.15, 0.2) is 5.82 Å². The predicted octanol–water partition coefficient (Wildman–Crippen LogP) is 2.47. The molecule has 0 fully saturated rings. The van der Waals surface area contributed by atoms with Crippen LogP contribution in [0.2, 0.25) is 0 Å². The third kappa shape index (κ3) is 2.88. The summed E-state index contributed by atoms with van der Waals surface area (Å²) < 4.78 is 4.42. The van der Waals surface area contributed by atoms with Crippen LogP contribution >= 0.6 is 27.5 Å². The van der Waals surface area contributed by atoms with E-state index in [0.717, 1.165) is 11.5 Å². The van der Waals surface area contributed by atoms with Gasteiger partial charge in [-0.15, -0.1) is 5.10 Å². The second-order valence-electron chi connectivity index (χ2n) is 3.82. The molecule has 0 aliphatic rings. The molecule has 0 saturated carbocycles. The summed E-state index contributed by atoms with van der Waals surface area (Å²) in [5.74, 6) is 0.289. The van der Waals surface area contributed by atoms with Crippen LogP contribution in [0.25, 0.3) is 0 Å². The first-order valence-electron chi connectivity index (χ1n) is 5.19. The van der Waals surface area contributed by atoms with Crippen LogP contribution in [0.15, 0.2) is 17.0 Å². The summed E-state index contributed by atoms with van der Waals surface area (Å²) in [7, 11) is 0. The summed E-state index contributed by atoms with van der Waals surface area (Å²) in [4.78, 5) is 20.5. The zero-order chi connectivity index (χ0) is 13.1. The molecule has 0 unspecified atom stereocenters. The lowest BCUT2D eigenvalue weighted by atomic mass is 10.1. The number of aromatic nitrogens is 4. The Morgan fingerprint density at radius 1 is 1.39 bits per heavy atom. The van der Waals surface area contributed by atoms with Gasteiger partial charge in [-0.3, -0.25) is 4.79 Å². The van der Waals surface area contributed by atoms with Crippen molar-refractivity contribution in [2.45, 2.75) is 19.8 Å².